The van der Waals surface area contributed by atoms with Crippen molar-refractivity contribution in [2.75, 3.05) is 44.7 Å². The summed E-state index contributed by atoms with van der Waals surface area (Å²) in [6, 6.07) is 10.1. The van der Waals surface area contributed by atoms with Gasteiger partial charge in [-0.1, -0.05) is 12.1 Å². The van der Waals surface area contributed by atoms with Crippen LogP contribution in [0, 0.1) is 5.82 Å². The number of fused-ring (bicyclic) bond motifs is 1. The molecular formula is C26H29FN4O4. The molecule has 0 bridgehead atoms. The summed E-state index contributed by atoms with van der Waals surface area (Å²) in [5.74, 6) is -0.755. The van der Waals surface area contributed by atoms with Crippen molar-refractivity contribution in [3.63, 3.8) is 0 Å². The Morgan fingerprint density at radius 3 is 2.49 bits per heavy atom. The second-order valence-electron chi connectivity index (χ2n) is 9.28. The first-order chi connectivity index (χ1) is 16.9. The van der Waals surface area contributed by atoms with Gasteiger partial charge in [0, 0.05) is 62.5 Å². The van der Waals surface area contributed by atoms with Crippen LogP contribution in [0.3, 0.4) is 0 Å². The number of halogens is 1. The maximum atomic E-state index is 14.5. The summed E-state index contributed by atoms with van der Waals surface area (Å²) in [6.45, 7) is 4.31. The fraction of sp³-hybridized carbons (Fsp3) is 0.423. The van der Waals surface area contributed by atoms with E-state index in [0.717, 1.165) is 56.1 Å². The molecule has 2 aromatic carbocycles. The second kappa shape index (κ2) is 9.65. The van der Waals surface area contributed by atoms with Crippen LogP contribution in [-0.2, 0) is 22.6 Å². The highest BCUT2D eigenvalue weighted by atomic mass is 19.1. The Balaban J connectivity index is 1.24. The summed E-state index contributed by atoms with van der Waals surface area (Å²) >= 11 is 0. The number of carbonyl (C=O) groups is 3. The van der Waals surface area contributed by atoms with E-state index >= 15 is 0 Å². The van der Waals surface area contributed by atoms with Gasteiger partial charge in [0.2, 0.25) is 11.8 Å². The van der Waals surface area contributed by atoms with E-state index in [1.54, 1.807) is 7.11 Å². The molecule has 2 fully saturated rings. The number of rotatable bonds is 6. The van der Waals surface area contributed by atoms with Gasteiger partial charge in [-0.3, -0.25) is 24.6 Å². The predicted octanol–water partition coefficient (Wildman–Crippen LogP) is 1.96. The molecule has 9 heteroatoms. The molecule has 3 aliphatic rings. The van der Waals surface area contributed by atoms with Crippen LogP contribution in [0.2, 0.25) is 0 Å². The van der Waals surface area contributed by atoms with Gasteiger partial charge in [-0.2, -0.15) is 0 Å². The van der Waals surface area contributed by atoms with E-state index in [1.807, 2.05) is 12.1 Å². The summed E-state index contributed by atoms with van der Waals surface area (Å²) in [5, 5.41) is 2.31. The van der Waals surface area contributed by atoms with Crippen molar-refractivity contribution in [3.8, 4) is 5.75 Å². The van der Waals surface area contributed by atoms with Gasteiger partial charge < -0.3 is 14.5 Å². The average Bonchev–Trinajstić information content (AvgIpc) is 3.19. The van der Waals surface area contributed by atoms with Crippen LogP contribution in [0.25, 0.3) is 0 Å². The molecule has 1 unspecified atom stereocenters. The third kappa shape index (κ3) is 4.73. The zero-order chi connectivity index (χ0) is 24.5. The van der Waals surface area contributed by atoms with E-state index in [4.69, 9.17) is 4.74 Å². The number of anilines is 1. The summed E-state index contributed by atoms with van der Waals surface area (Å²) < 4.78 is 19.8. The molecule has 3 heterocycles. The SMILES string of the molecule is COc1ccc(CCN2CCN(c3cc(F)cc4c3CN(C3CCC(=O)NC3=O)C4=O)CC2)cc1. The maximum Gasteiger partial charge on any atom is 0.255 e. The average molecular weight is 481 g/mol. The first-order valence-corrected chi connectivity index (χ1v) is 12.0. The number of benzene rings is 2. The van der Waals surface area contributed by atoms with Crippen molar-refractivity contribution in [1.82, 2.24) is 15.1 Å². The Morgan fingerprint density at radius 1 is 1.06 bits per heavy atom. The molecule has 3 aliphatic heterocycles. The number of piperidine rings is 1. The molecule has 1 atom stereocenters. The van der Waals surface area contributed by atoms with Crippen molar-refractivity contribution in [2.45, 2.75) is 31.8 Å². The number of methoxy groups -OCH3 is 1. The van der Waals surface area contributed by atoms with E-state index in [0.29, 0.717) is 5.56 Å². The minimum Gasteiger partial charge on any atom is -0.497 e. The monoisotopic (exact) mass is 480 g/mol. The molecule has 2 saturated heterocycles. The Hall–Kier alpha value is -3.46. The van der Waals surface area contributed by atoms with Gasteiger partial charge in [-0.15, -0.1) is 0 Å². The normalized spacial score (nSPS) is 20.7. The predicted molar refractivity (Wildman–Crippen MR) is 128 cm³/mol. The van der Waals surface area contributed by atoms with E-state index in [2.05, 4.69) is 27.2 Å². The molecule has 0 spiro atoms. The van der Waals surface area contributed by atoms with Gasteiger partial charge in [0.1, 0.15) is 17.6 Å². The summed E-state index contributed by atoms with van der Waals surface area (Å²) in [4.78, 5) is 42.9. The van der Waals surface area contributed by atoms with Gasteiger partial charge in [-0.05, 0) is 42.7 Å². The molecular weight excluding hydrogens is 451 g/mol. The standard InChI is InChI=1S/C26H29FN4O4/c1-35-19-4-2-17(3-5-19)8-9-29-10-12-30(13-11-29)23-15-18(27)14-20-21(23)16-31(26(20)34)22-6-7-24(32)28-25(22)33/h2-5,14-15,22H,6-13,16H2,1H3,(H,28,32,33). The van der Waals surface area contributed by atoms with E-state index in [-0.39, 0.29) is 31.2 Å². The number of ether oxygens (including phenoxy) is 1. The highest BCUT2D eigenvalue weighted by Gasteiger charge is 2.41. The van der Waals surface area contributed by atoms with Gasteiger partial charge in [-0.25, -0.2) is 4.39 Å². The number of nitrogens with zero attached hydrogens (tertiary/aromatic N) is 3. The van der Waals surface area contributed by atoms with Crippen LogP contribution in [-0.4, -0.2) is 73.4 Å². The Labute approximate surface area is 203 Å². The molecule has 3 amide bonds. The lowest BCUT2D eigenvalue weighted by Crippen LogP contribution is -2.52. The van der Waals surface area contributed by atoms with Crippen LogP contribution in [0.1, 0.15) is 34.3 Å². The third-order valence-electron chi connectivity index (χ3n) is 7.19. The molecule has 35 heavy (non-hydrogen) atoms. The lowest BCUT2D eigenvalue weighted by Gasteiger charge is -2.37. The molecule has 8 nitrogen and oxygen atoms in total. The number of imide groups is 1. The van der Waals surface area contributed by atoms with Crippen molar-refractivity contribution >= 4 is 23.4 Å². The van der Waals surface area contributed by atoms with E-state index in [1.165, 1.54) is 22.6 Å². The van der Waals surface area contributed by atoms with Crippen LogP contribution in [0.5, 0.6) is 5.75 Å². The number of carbonyl (C=O) groups excluding carboxylic acids is 3. The Kier molecular flexibility index (Phi) is 6.42. The lowest BCUT2D eigenvalue weighted by molar-refractivity contribution is -0.136. The largest absolute Gasteiger partial charge is 0.497 e. The van der Waals surface area contributed by atoms with Crippen molar-refractivity contribution in [3.05, 3.63) is 58.9 Å². The van der Waals surface area contributed by atoms with Gasteiger partial charge in [0.05, 0.1) is 7.11 Å². The minimum absolute atomic E-state index is 0.191. The summed E-state index contributed by atoms with van der Waals surface area (Å²) in [7, 11) is 1.66. The second-order valence-corrected chi connectivity index (χ2v) is 9.28. The molecule has 0 aromatic heterocycles. The zero-order valence-corrected chi connectivity index (χ0v) is 19.8. The number of hydrogen-bond donors (Lipinski definition) is 1. The highest BCUT2D eigenvalue weighted by molar-refractivity contribution is 6.06. The summed E-state index contributed by atoms with van der Waals surface area (Å²) in [6.07, 6.45) is 1.42. The van der Waals surface area contributed by atoms with E-state index in [9.17, 15) is 18.8 Å². The quantitative estimate of drug-likeness (QED) is 0.637. The maximum absolute atomic E-state index is 14.5. The van der Waals surface area contributed by atoms with Crippen molar-refractivity contribution in [2.24, 2.45) is 0 Å². The molecule has 5 rings (SSSR count). The summed E-state index contributed by atoms with van der Waals surface area (Å²) in [5.41, 5.74) is 3.04. The molecule has 0 radical (unpaired) electrons. The fourth-order valence-electron chi connectivity index (χ4n) is 5.18. The number of piperazine rings is 1. The number of amides is 3. The molecule has 0 saturated carbocycles. The minimum atomic E-state index is -0.710. The van der Waals surface area contributed by atoms with Crippen LogP contribution >= 0.6 is 0 Å². The van der Waals surface area contributed by atoms with Crippen molar-refractivity contribution in [1.29, 1.82) is 0 Å². The highest BCUT2D eigenvalue weighted by Crippen LogP contribution is 2.35. The first kappa shape index (κ1) is 23.3. The number of hydrogen-bond acceptors (Lipinski definition) is 6. The number of nitrogens with one attached hydrogen (secondary N) is 1. The zero-order valence-electron chi connectivity index (χ0n) is 19.8. The lowest BCUT2D eigenvalue weighted by atomic mass is 10.0. The van der Waals surface area contributed by atoms with E-state index < -0.39 is 17.8 Å². The third-order valence-corrected chi connectivity index (χ3v) is 7.19. The van der Waals surface area contributed by atoms with Crippen LogP contribution in [0.15, 0.2) is 36.4 Å². The molecule has 2 aromatic rings. The van der Waals surface area contributed by atoms with Crippen LogP contribution < -0.4 is 15.0 Å². The first-order valence-electron chi connectivity index (χ1n) is 12.0. The van der Waals surface area contributed by atoms with Gasteiger partial charge in [0.25, 0.3) is 5.91 Å². The molecule has 1 N–H and O–H groups in total. The smallest absolute Gasteiger partial charge is 0.255 e. The topological polar surface area (TPSA) is 82.2 Å². The Morgan fingerprint density at radius 2 is 1.80 bits per heavy atom. The Bertz CT molecular complexity index is 1140. The fourth-order valence-corrected chi connectivity index (χ4v) is 5.18. The van der Waals surface area contributed by atoms with Gasteiger partial charge in [0.15, 0.2) is 0 Å². The van der Waals surface area contributed by atoms with Gasteiger partial charge >= 0.3 is 0 Å². The molecule has 0 aliphatic carbocycles. The van der Waals surface area contributed by atoms with Crippen LogP contribution in [0.4, 0.5) is 10.1 Å². The molecule has 184 valence electrons. The van der Waals surface area contributed by atoms with Crippen molar-refractivity contribution < 1.29 is 23.5 Å².